The Balaban J connectivity index is 2.86. The molecule has 0 aliphatic heterocycles. The fourth-order valence-electron chi connectivity index (χ4n) is 1.73. The Morgan fingerprint density at radius 2 is 2.00 bits per heavy atom. The minimum absolute atomic E-state index is 0.147. The molecule has 0 bridgehead atoms. The van der Waals surface area contributed by atoms with Crippen LogP contribution < -0.4 is 10.1 Å². The van der Waals surface area contributed by atoms with Crippen LogP contribution in [0.15, 0.2) is 16.6 Å². The third-order valence-corrected chi connectivity index (χ3v) is 3.30. The first-order chi connectivity index (χ1) is 8.93. The summed E-state index contributed by atoms with van der Waals surface area (Å²) in [6, 6.07) is 4.57. The van der Waals surface area contributed by atoms with Gasteiger partial charge in [-0.1, -0.05) is 36.7 Å². The van der Waals surface area contributed by atoms with Gasteiger partial charge in [-0.3, -0.25) is 0 Å². The zero-order valence-corrected chi connectivity index (χ0v) is 13.8. The highest BCUT2D eigenvalue weighted by atomic mass is 79.9. The molecule has 0 fully saturated rings. The second-order valence-electron chi connectivity index (χ2n) is 5.35. The third kappa shape index (κ3) is 5.51. The molecule has 0 amide bonds. The Kier molecular flexibility index (Phi) is 6.83. The van der Waals surface area contributed by atoms with E-state index in [4.69, 9.17) is 9.84 Å². The third-order valence-electron chi connectivity index (χ3n) is 2.84. The second-order valence-corrected chi connectivity index (χ2v) is 6.26. The highest BCUT2D eigenvalue weighted by Crippen LogP contribution is 2.28. The lowest BCUT2D eigenvalue weighted by atomic mass is 10.1. The molecule has 0 saturated carbocycles. The highest BCUT2D eigenvalue weighted by molar-refractivity contribution is 9.10. The molecule has 0 spiro atoms. The van der Waals surface area contributed by atoms with E-state index in [0.29, 0.717) is 12.6 Å². The number of hydrogen-bond acceptors (Lipinski definition) is 3. The average Bonchev–Trinajstić information content (AvgIpc) is 2.34. The van der Waals surface area contributed by atoms with E-state index in [-0.39, 0.29) is 12.5 Å². The van der Waals surface area contributed by atoms with Crippen LogP contribution in [0.1, 0.15) is 31.9 Å². The molecular formula is C15H24BrNO2. The predicted molar refractivity (Wildman–Crippen MR) is 82.6 cm³/mol. The van der Waals surface area contributed by atoms with Crippen molar-refractivity contribution < 1.29 is 9.84 Å². The van der Waals surface area contributed by atoms with Crippen molar-refractivity contribution in [1.82, 2.24) is 5.32 Å². The van der Waals surface area contributed by atoms with Gasteiger partial charge in [-0.25, -0.2) is 0 Å². The quantitative estimate of drug-likeness (QED) is 0.806. The lowest BCUT2D eigenvalue weighted by Crippen LogP contribution is -2.23. The smallest absolute Gasteiger partial charge is 0.126 e. The standard InChI is InChI=1S/C15H24BrNO2/c1-10(2)17-7-13-6-14(16)5-12(4)15(13)19-9-11(3)8-18/h5-6,10-11,17-18H,7-9H2,1-4H3. The van der Waals surface area contributed by atoms with E-state index < -0.39 is 0 Å². The first kappa shape index (κ1) is 16.5. The number of hydrogen-bond donors (Lipinski definition) is 2. The van der Waals surface area contributed by atoms with Crippen LogP contribution >= 0.6 is 15.9 Å². The zero-order valence-electron chi connectivity index (χ0n) is 12.2. The molecule has 0 radical (unpaired) electrons. The van der Waals surface area contributed by atoms with Gasteiger partial charge in [0.1, 0.15) is 5.75 Å². The molecule has 2 N–H and O–H groups in total. The van der Waals surface area contributed by atoms with E-state index in [1.54, 1.807) is 0 Å². The normalized spacial score (nSPS) is 12.8. The van der Waals surface area contributed by atoms with Crippen molar-refractivity contribution in [2.75, 3.05) is 13.2 Å². The number of aryl methyl sites for hydroxylation is 1. The van der Waals surface area contributed by atoms with Gasteiger partial charge < -0.3 is 15.2 Å². The van der Waals surface area contributed by atoms with Crippen LogP contribution in [0.3, 0.4) is 0 Å². The number of rotatable bonds is 7. The van der Waals surface area contributed by atoms with Crippen LogP contribution in [0.25, 0.3) is 0 Å². The lowest BCUT2D eigenvalue weighted by molar-refractivity contribution is 0.173. The van der Waals surface area contributed by atoms with Crippen molar-refractivity contribution in [1.29, 1.82) is 0 Å². The van der Waals surface area contributed by atoms with E-state index >= 15 is 0 Å². The molecule has 3 nitrogen and oxygen atoms in total. The van der Waals surface area contributed by atoms with Crippen LogP contribution in [-0.4, -0.2) is 24.4 Å². The molecule has 108 valence electrons. The van der Waals surface area contributed by atoms with Gasteiger partial charge in [0.15, 0.2) is 0 Å². The first-order valence-corrected chi connectivity index (χ1v) is 7.49. The fraction of sp³-hybridized carbons (Fsp3) is 0.600. The van der Waals surface area contributed by atoms with Crippen molar-refractivity contribution in [3.8, 4) is 5.75 Å². The van der Waals surface area contributed by atoms with Gasteiger partial charge in [-0.15, -0.1) is 0 Å². The Morgan fingerprint density at radius 3 is 2.58 bits per heavy atom. The summed E-state index contributed by atoms with van der Waals surface area (Å²) >= 11 is 3.52. The largest absolute Gasteiger partial charge is 0.493 e. The first-order valence-electron chi connectivity index (χ1n) is 6.70. The average molecular weight is 330 g/mol. The summed E-state index contributed by atoms with van der Waals surface area (Å²) in [7, 11) is 0. The Hall–Kier alpha value is -0.580. The molecule has 0 heterocycles. The maximum atomic E-state index is 9.07. The van der Waals surface area contributed by atoms with E-state index in [0.717, 1.165) is 27.9 Å². The van der Waals surface area contributed by atoms with Gasteiger partial charge in [0.05, 0.1) is 6.61 Å². The number of aliphatic hydroxyl groups is 1. The summed E-state index contributed by atoms with van der Waals surface area (Å²) in [4.78, 5) is 0. The Morgan fingerprint density at radius 1 is 1.32 bits per heavy atom. The summed E-state index contributed by atoms with van der Waals surface area (Å²) < 4.78 is 6.95. The second kappa shape index (κ2) is 7.88. The van der Waals surface area contributed by atoms with Gasteiger partial charge in [0.25, 0.3) is 0 Å². The van der Waals surface area contributed by atoms with E-state index in [9.17, 15) is 0 Å². The molecule has 0 saturated heterocycles. The Bertz CT molecular complexity index is 407. The lowest BCUT2D eigenvalue weighted by Gasteiger charge is -2.18. The molecule has 1 aromatic carbocycles. The molecular weight excluding hydrogens is 306 g/mol. The topological polar surface area (TPSA) is 41.5 Å². The van der Waals surface area contributed by atoms with Crippen LogP contribution in [0.5, 0.6) is 5.75 Å². The van der Waals surface area contributed by atoms with Gasteiger partial charge in [0, 0.05) is 35.1 Å². The number of benzene rings is 1. The van der Waals surface area contributed by atoms with E-state index in [1.807, 2.05) is 13.8 Å². The highest BCUT2D eigenvalue weighted by Gasteiger charge is 2.11. The molecule has 0 aliphatic carbocycles. The van der Waals surface area contributed by atoms with Crippen molar-refractivity contribution in [2.45, 2.75) is 40.3 Å². The number of ether oxygens (including phenoxy) is 1. The molecule has 1 unspecified atom stereocenters. The van der Waals surface area contributed by atoms with E-state index in [1.165, 1.54) is 0 Å². The maximum absolute atomic E-state index is 9.07. The molecule has 0 aromatic heterocycles. The van der Waals surface area contributed by atoms with Crippen LogP contribution in [0.2, 0.25) is 0 Å². The van der Waals surface area contributed by atoms with Crippen molar-refractivity contribution in [3.05, 3.63) is 27.7 Å². The molecule has 0 aliphatic rings. The van der Waals surface area contributed by atoms with Gasteiger partial charge >= 0.3 is 0 Å². The van der Waals surface area contributed by atoms with Crippen molar-refractivity contribution in [2.24, 2.45) is 5.92 Å². The SMILES string of the molecule is Cc1cc(Br)cc(CNC(C)C)c1OCC(C)CO. The predicted octanol–water partition coefficient (Wildman–Crippen LogP) is 3.26. The van der Waals surface area contributed by atoms with Crippen LogP contribution in [0, 0.1) is 12.8 Å². The summed E-state index contributed by atoms with van der Waals surface area (Å²) in [5.41, 5.74) is 2.26. The molecule has 19 heavy (non-hydrogen) atoms. The van der Waals surface area contributed by atoms with Crippen molar-refractivity contribution in [3.63, 3.8) is 0 Å². The van der Waals surface area contributed by atoms with Crippen LogP contribution in [-0.2, 0) is 6.54 Å². The molecule has 4 heteroatoms. The molecule has 1 rings (SSSR count). The number of aliphatic hydroxyl groups excluding tert-OH is 1. The summed E-state index contributed by atoms with van der Waals surface area (Å²) in [5.74, 6) is 1.07. The fourth-order valence-corrected chi connectivity index (χ4v) is 2.35. The van der Waals surface area contributed by atoms with Gasteiger partial charge in [-0.05, 0) is 24.6 Å². The minimum Gasteiger partial charge on any atom is -0.493 e. The molecule has 1 atom stereocenters. The number of halogens is 1. The maximum Gasteiger partial charge on any atom is 0.126 e. The summed E-state index contributed by atoms with van der Waals surface area (Å²) in [5, 5.41) is 12.5. The minimum atomic E-state index is 0.147. The van der Waals surface area contributed by atoms with Crippen LogP contribution in [0.4, 0.5) is 0 Å². The van der Waals surface area contributed by atoms with Gasteiger partial charge in [-0.2, -0.15) is 0 Å². The monoisotopic (exact) mass is 329 g/mol. The van der Waals surface area contributed by atoms with Gasteiger partial charge in [0.2, 0.25) is 0 Å². The van der Waals surface area contributed by atoms with E-state index in [2.05, 4.69) is 47.2 Å². The van der Waals surface area contributed by atoms with Crippen molar-refractivity contribution >= 4 is 15.9 Å². The summed E-state index contributed by atoms with van der Waals surface area (Å²) in [6.45, 7) is 9.73. The number of nitrogens with one attached hydrogen (secondary N) is 1. The Labute approximate surface area is 124 Å². The zero-order chi connectivity index (χ0) is 14.4. The summed E-state index contributed by atoms with van der Waals surface area (Å²) in [6.07, 6.45) is 0. The molecule has 1 aromatic rings.